The van der Waals surface area contributed by atoms with Crippen molar-refractivity contribution in [3.05, 3.63) is 0 Å². The number of unbranched alkanes of at least 4 members (excludes halogenated alkanes) is 3. The second kappa shape index (κ2) is 14.1. The molecule has 0 spiro atoms. The average Bonchev–Trinajstić information content (AvgIpc) is 2.54. The summed E-state index contributed by atoms with van der Waals surface area (Å²) >= 11 is 0. The number of aliphatic carboxylic acids is 1. The minimum atomic E-state index is -1.13. The molecule has 1 unspecified atom stereocenters. The third-order valence-corrected chi connectivity index (χ3v) is 3.49. The van der Waals surface area contributed by atoms with Gasteiger partial charge < -0.3 is 20.5 Å². The van der Waals surface area contributed by atoms with Gasteiger partial charge in [-0.05, 0) is 52.9 Å². The molecule has 0 radical (unpaired) electrons. The molecule has 164 valence electrons. The molecule has 11 nitrogen and oxygen atoms in total. The molecule has 5 N–H and O–H groups in total. The highest BCUT2D eigenvalue weighted by Crippen LogP contribution is 2.08. The summed E-state index contributed by atoms with van der Waals surface area (Å²) in [6.07, 6.45) is 2.85. The fourth-order valence-electron chi connectivity index (χ4n) is 2.21. The number of nitrogens with zero attached hydrogens (tertiary/aromatic N) is 1. The minimum absolute atomic E-state index is 0.103. The summed E-state index contributed by atoms with van der Waals surface area (Å²) in [4.78, 5) is 38.9. The number of hydrogen-bond donors (Lipinski definition) is 5. The van der Waals surface area contributed by atoms with E-state index in [1.54, 1.807) is 20.8 Å². The number of alkyl carbamates (subject to hydrolysis) is 1. The van der Waals surface area contributed by atoms with E-state index >= 15 is 0 Å². The Morgan fingerprint density at radius 2 is 1.71 bits per heavy atom. The van der Waals surface area contributed by atoms with Crippen molar-refractivity contribution in [2.24, 2.45) is 0 Å². The summed E-state index contributed by atoms with van der Waals surface area (Å²) < 4.78 is 5.05. The molecule has 0 aromatic heterocycles. The van der Waals surface area contributed by atoms with Crippen molar-refractivity contribution >= 4 is 18.0 Å². The summed E-state index contributed by atoms with van der Waals surface area (Å²) in [5, 5.41) is 30.6. The highest BCUT2D eigenvalue weighted by atomic mass is 17.1. The van der Waals surface area contributed by atoms with Crippen molar-refractivity contribution in [3.63, 3.8) is 0 Å². The van der Waals surface area contributed by atoms with E-state index < -0.39 is 23.7 Å². The largest absolute Gasteiger partial charge is 0.480 e. The summed E-state index contributed by atoms with van der Waals surface area (Å²) in [7, 11) is 0. The molecule has 0 saturated carbocycles. The fourth-order valence-corrected chi connectivity index (χ4v) is 2.21. The molecule has 0 aliphatic rings. The number of carboxylic acids is 1. The van der Waals surface area contributed by atoms with Crippen LogP contribution in [0.4, 0.5) is 4.79 Å². The molecule has 0 heterocycles. The molecule has 0 rings (SSSR count). The first-order valence-corrected chi connectivity index (χ1v) is 9.31. The SMILES string of the molecule is CC(C)(C)OC(=O)NC(CCCCNC(=O)CCCCCON(O)O)C(=O)O. The van der Waals surface area contributed by atoms with Gasteiger partial charge in [0.05, 0.1) is 12.0 Å². The lowest BCUT2D eigenvalue weighted by molar-refractivity contribution is -0.492. The Kier molecular flexibility index (Phi) is 13.1. The second-order valence-electron chi connectivity index (χ2n) is 7.28. The van der Waals surface area contributed by atoms with Crippen LogP contribution in [0.25, 0.3) is 0 Å². The molecule has 0 saturated heterocycles. The monoisotopic (exact) mass is 407 g/mol. The number of rotatable bonds is 14. The van der Waals surface area contributed by atoms with Gasteiger partial charge in [0.2, 0.25) is 5.91 Å². The number of ether oxygens (including phenoxy) is 1. The van der Waals surface area contributed by atoms with E-state index in [1.807, 2.05) is 0 Å². The third-order valence-electron chi connectivity index (χ3n) is 3.49. The number of carbonyl (C=O) groups is 3. The van der Waals surface area contributed by atoms with Crippen LogP contribution < -0.4 is 10.6 Å². The lowest BCUT2D eigenvalue weighted by Crippen LogP contribution is -2.43. The summed E-state index contributed by atoms with van der Waals surface area (Å²) in [6, 6.07) is -1.04. The van der Waals surface area contributed by atoms with Gasteiger partial charge in [0.1, 0.15) is 11.6 Å². The molecule has 28 heavy (non-hydrogen) atoms. The van der Waals surface area contributed by atoms with Gasteiger partial charge in [-0.25, -0.2) is 9.59 Å². The first kappa shape index (κ1) is 26.1. The predicted octanol–water partition coefficient (Wildman–Crippen LogP) is 1.82. The van der Waals surface area contributed by atoms with E-state index in [0.717, 1.165) is 0 Å². The van der Waals surface area contributed by atoms with Crippen molar-refractivity contribution in [1.82, 2.24) is 16.0 Å². The molecular formula is C17H33N3O8. The van der Waals surface area contributed by atoms with Crippen molar-refractivity contribution in [3.8, 4) is 0 Å². The average molecular weight is 407 g/mol. The Balaban J connectivity index is 3.83. The van der Waals surface area contributed by atoms with Gasteiger partial charge in [0, 0.05) is 13.0 Å². The standard InChI is InChI=1S/C17H33N3O8/c1-17(2,3)28-16(24)19-13(15(22)23)9-6-7-11-18-14(21)10-5-4-8-12-27-20(25)26/h13,25-26H,4-12H2,1-3H3,(H,18,21)(H,19,24)(H,22,23). The zero-order chi connectivity index (χ0) is 21.6. The smallest absolute Gasteiger partial charge is 0.408 e. The molecular weight excluding hydrogens is 374 g/mol. The van der Waals surface area contributed by atoms with E-state index in [2.05, 4.69) is 15.5 Å². The van der Waals surface area contributed by atoms with Crippen LogP contribution in [0.5, 0.6) is 0 Å². The van der Waals surface area contributed by atoms with Crippen LogP contribution in [-0.4, -0.2) is 63.7 Å². The Hall–Kier alpha value is -1.95. The van der Waals surface area contributed by atoms with Gasteiger partial charge in [-0.2, -0.15) is 0 Å². The van der Waals surface area contributed by atoms with Crippen LogP contribution in [0.2, 0.25) is 0 Å². The van der Waals surface area contributed by atoms with Gasteiger partial charge >= 0.3 is 12.1 Å². The Morgan fingerprint density at radius 3 is 2.29 bits per heavy atom. The van der Waals surface area contributed by atoms with E-state index in [-0.39, 0.29) is 24.3 Å². The Bertz CT molecular complexity index is 480. The summed E-state index contributed by atoms with van der Waals surface area (Å²) in [5.74, 6) is -1.24. The van der Waals surface area contributed by atoms with E-state index in [4.69, 9.17) is 15.2 Å². The maximum atomic E-state index is 11.7. The maximum Gasteiger partial charge on any atom is 0.408 e. The zero-order valence-corrected chi connectivity index (χ0v) is 16.8. The number of amides is 2. The van der Waals surface area contributed by atoms with Gasteiger partial charge in [0.15, 0.2) is 0 Å². The van der Waals surface area contributed by atoms with Crippen LogP contribution in [0.3, 0.4) is 0 Å². The molecule has 0 aliphatic heterocycles. The van der Waals surface area contributed by atoms with Crippen LogP contribution in [0.1, 0.15) is 65.7 Å². The molecule has 0 aromatic carbocycles. The van der Waals surface area contributed by atoms with Crippen LogP contribution >= 0.6 is 0 Å². The highest BCUT2D eigenvalue weighted by Gasteiger charge is 2.23. The molecule has 2 amide bonds. The van der Waals surface area contributed by atoms with Crippen molar-refractivity contribution in [2.75, 3.05) is 13.2 Å². The molecule has 11 heteroatoms. The first-order chi connectivity index (χ1) is 13.0. The molecule has 0 bridgehead atoms. The summed E-state index contributed by atoms with van der Waals surface area (Å²) in [5.41, 5.74) is -0.706. The highest BCUT2D eigenvalue weighted by molar-refractivity contribution is 5.80. The van der Waals surface area contributed by atoms with Gasteiger partial charge in [0.25, 0.3) is 0 Å². The van der Waals surface area contributed by atoms with Gasteiger partial charge in [-0.3, -0.25) is 20.0 Å². The molecule has 1 atom stereocenters. The third kappa shape index (κ3) is 16.2. The minimum Gasteiger partial charge on any atom is -0.480 e. The quantitative estimate of drug-likeness (QED) is 0.214. The molecule has 0 aromatic rings. The van der Waals surface area contributed by atoms with Crippen molar-refractivity contribution in [2.45, 2.75) is 77.4 Å². The number of carbonyl (C=O) groups excluding carboxylic acids is 2. The number of carboxylic acid groups (broad SMARTS) is 1. The number of hydrogen-bond acceptors (Lipinski definition) is 8. The van der Waals surface area contributed by atoms with Gasteiger partial charge in [-0.1, -0.05) is 6.42 Å². The Morgan fingerprint density at radius 1 is 1.04 bits per heavy atom. The van der Waals surface area contributed by atoms with E-state index in [9.17, 15) is 19.5 Å². The van der Waals surface area contributed by atoms with Crippen molar-refractivity contribution in [1.29, 1.82) is 0 Å². The van der Waals surface area contributed by atoms with Crippen LogP contribution in [0, 0.1) is 0 Å². The van der Waals surface area contributed by atoms with E-state index in [0.29, 0.717) is 45.1 Å². The topological polar surface area (TPSA) is 158 Å². The number of nitrogens with one attached hydrogen (secondary N) is 2. The zero-order valence-electron chi connectivity index (χ0n) is 16.8. The fraction of sp³-hybridized carbons (Fsp3) is 0.824. The van der Waals surface area contributed by atoms with Crippen molar-refractivity contribution < 1.29 is 39.5 Å². The maximum absolute atomic E-state index is 11.7. The Labute approximate surface area is 164 Å². The predicted molar refractivity (Wildman–Crippen MR) is 97.5 cm³/mol. The first-order valence-electron chi connectivity index (χ1n) is 9.31. The van der Waals surface area contributed by atoms with Gasteiger partial charge in [-0.15, -0.1) is 0 Å². The summed E-state index contributed by atoms with van der Waals surface area (Å²) in [6.45, 7) is 5.64. The second-order valence-corrected chi connectivity index (χ2v) is 7.28. The molecule has 0 fully saturated rings. The lowest BCUT2D eigenvalue weighted by atomic mass is 10.1. The van der Waals surface area contributed by atoms with Crippen LogP contribution in [0.15, 0.2) is 0 Å². The molecule has 0 aliphatic carbocycles. The van der Waals surface area contributed by atoms with Crippen LogP contribution in [-0.2, 0) is 19.2 Å². The van der Waals surface area contributed by atoms with E-state index in [1.165, 1.54) is 0 Å². The normalized spacial score (nSPS) is 12.5. The lowest BCUT2D eigenvalue weighted by Gasteiger charge is -2.22.